The first-order valence-electron chi connectivity index (χ1n) is 4.18. The van der Waals surface area contributed by atoms with E-state index in [1.54, 1.807) is 19.2 Å². The second-order valence-electron chi connectivity index (χ2n) is 2.49. The summed E-state index contributed by atoms with van der Waals surface area (Å²) in [7, 11) is 0. The molecule has 1 rings (SSSR count). The average molecular weight is 303 g/mol. The van der Waals surface area contributed by atoms with E-state index in [9.17, 15) is 4.79 Å². The van der Waals surface area contributed by atoms with Crippen LogP contribution in [-0.4, -0.2) is 17.6 Å². The molecule has 0 aliphatic rings. The number of halogens is 1. The van der Waals surface area contributed by atoms with Gasteiger partial charge in [0.25, 0.3) is 0 Å². The Kier molecular flexibility index (Phi) is 4.58. The summed E-state index contributed by atoms with van der Waals surface area (Å²) in [5.41, 5.74) is 0.749. The minimum absolute atomic E-state index is 0.340. The molecule has 0 aliphatic carbocycles. The quantitative estimate of drug-likeness (QED) is 0.488. The molecule has 1 aromatic rings. The topological polar surface area (TPSA) is 39.2 Å². The van der Waals surface area contributed by atoms with Crippen LogP contribution in [0.2, 0.25) is 0 Å². The van der Waals surface area contributed by atoms with Gasteiger partial charge in [-0.05, 0) is 47.7 Å². The highest BCUT2D eigenvalue weighted by Gasteiger charge is 1.94. The van der Waals surface area contributed by atoms with Gasteiger partial charge in [-0.3, -0.25) is 4.98 Å². The van der Waals surface area contributed by atoms with Gasteiger partial charge in [0.15, 0.2) is 0 Å². The van der Waals surface area contributed by atoms with Gasteiger partial charge in [0.05, 0.1) is 12.3 Å². The molecule has 1 heterocycles. The smallest absolute Gasteiger partial charge is 0.330 e. The highest BCUT2D eigenvalue weighted by molar-refractivity contribution is 14.1. The fraction of sp³-hybridized carbons (Fsp3) is 0.200. The molecule has 0 atom stereocenters. The van der Waals surface area contributed by atoms with E-state index in [0.29, 0.717) is 6.61 Å². The maximum Gasteiger partial charge on any atom is 0.330 e. The third-order valence-electron chi connectivity index (χ3n) is 1.43. The zero-order chi connectivity index (χ0) is 10.4. The number of pyridine rings is 1. The second kappa shape index (κ2) is 5.74. The molecule has 0 bridgehead atoms. The minimum Gasteiger partial charge on any atom is -0.463 e. The van der Waals surface area contributed by atoms with Crippen LogP contribution < -0.4 is 0 Å². The van der Waals surface area contributed by atoms with Crippen LogP contribution in [-0.2, 0) is 9.53 Å². The van der Waals surface area contributed by atoms with Crippen LogP contribution in [0.4, 0.5) is 0 Å². The molecule has 0 saturated heterocycles. The van der Waals surface area contributed by atoms with E-state index in [0.717, 1.165) is 9.26 Å². The van der Waals surface area contributed by atoms with E-state index in [2.05, 4.69) is 27.6 Å². The lowest BCUT2D eigenvalue weighted by molar-refractivity contribution is -0.137. The van der Waals surface area contributed by atoms with Crippen molar-refractivity contribution in [3.8, 4) is 0 Å². The SMILES string of the molecule is CCOC(=O)/C=C/c1ccc(I)cn1. The van der Waals surface area contributed by atoms with Gasteiger partial charge in [0.2, 0.25) is 0 Å². The molecule has 4 heteroatoms. The van der Waals surface area contributed by atoms with Crippen LogP contribution in [0.25, 0.3) is 6.08 Å². The predicted octanol–water partition coefficient (Wildman–Crippen LogP) is 2.26. The normalized spacial score (nSPS) is 10.4. The monoisotopic (exact) mass is 303 g/mol. The lowest BCUT2D eigenvalue weighted by atomic mass is 10.3. The molecule has 0 aliphatic heterocycles. The summed E-state index contributed by atoms with van der Waals surface area (Å²) in [6.07, 6.45) is 4.75. The number of esters is 1. The van der Waals surface area contributed by atoms with Crippen molar-refractivity contribution in [1.82, 2.24) is 4.98 Å². The zero-order valence-corrected chi connectivity index (χ0v) is 9.89. The Morgan fingerprint density at radius 2 is 2.43 bits per heavy atom. The van der Waals surface area contributed by atoms with Crippen LogP contribution in [0, 0.1) is 3.57 Å². The van der Waals surface area contributed by atoms with Gasteiger partial charge in [-0.2, -0.15) is 0 Å². The van der Waals surface area contributed by atoms with Crippen molar-refractivity contribution in [2.24, 2.45) is 0 Å². The predicted molar refractivity (Wildman–Crippen MR) is 62.6 cm³/mol. The first-order valence-corrected chi connectivity index (χ1v) is 5.26. The van der Waals surface area contributed by atoms with Crippen molar-refractivity contribution >= 4 is 34.6 Å². The first-order chi connectivity index (χ1) is 6.72. The molecule has 0 fully saturated rings. The molecule has 0 aromatic carbocycles. The molecular weight excluding hydrogens is 293 g/mol. The van der Waals surface area contributed by atoms with Crippen molar-refractivity contribution in [1.29, 1.82) is 0 Å². The molecule has 74 valence electrons. The van der Waals surface area contributed by atoms with E-state index in [4.69, 9.17) is 4.74 Å². The summed E-state index contributed by atoms with van der Waals surface area (Å²) in [5, 5.41) is 0. The van der Waals surface area contributed by atoms with Gasteiger partial charge in [-0.1, -0.05) is 0 Å². The van der Waals surface area contributed by atoms with Crippen LogP contribution in [0.5, 0.6) is 0 Å². The second-order valence-corrected chi connectivity index (χ2v) is 3.73. The third kappa shape index (κ3) is 3.87. The molecule has 3 nitrogen and oxygen atoms in total. The van der Waals surface area contributed by atoms with Crippen molar-refractivity contribution < 1.29 is 9.53 Å². The number of hydrogen-bond donors (Lipinski definition) is 0. The number of carbonyl (C=O) groups is 1. The lowest BCUT2D eigenvalue weighted by Gasteiger charge is -1.95. The third-order valence-corrected chi connectivity index (χ3v) is 2.07. The number of ether oxygens (including phenoxy) is 1. The van der Waals surface area contributed by atoms with Gasteiger partial charge in [0.1, 0.15) is 0 Å². The van der Waals surface area contributed by atoms with Gasteiger partial charge < -0.3 is 4.74 Å². The van der Waals surface area contributed by atoms with Crippen LogP contribution >= 0.6 is 22.6 Å². The van der Waals surface area contributed by atoms with E-state index in [1.165, 1.54) is 6.08 Å². The summed E-state index contributed by atoms with van der Waals surface area (Å²) >= 11 is 2.17. The molecule has 0 unspecified atom stereocenters. The van der Waals surface area contributed by atoms with Crippen molar-refractivity contribution in [2.45, 2.75) is 6.92 Å². The Labute approximate surface area is 96.3 Å². The van der Waals surface area contributed by atoms with Gasteiger partial charge in [-0.15, -0.1) is 0 Å². The Morgan fingerprint density at radius 3 is 3.00 bits per heavy atom. The number of nitrogens with zero attached hydrogens (tertiary/aromatic N) is 1. The summed E-state index contributed by atoms with van der Waals surface area (Å²) in [6, 6.07) is 3.77. The average Bonchev–Trinajstić information content (AvgIpc) is 2.17. The van der Waals surface area contributed by atoms with E-state index in [1.807, 2.05) is 12.1 Å². The lowest BCUT2D eigenvalue weighted by Crippen LogP contribution is -1.98. The van der Waals surface area contributed by atoms with E-state index < -0.39 is 0 Å². The fourth-order valence-corrected chi connectivity index (χ4v) is 1.15. The van der Waals surface area contributed by atoms with Gasteiger partial charge in [0, 0.05) is 15.8 Å². The molecule has 14 heavy (non-hydrogen) atoms. The fourth-order valence-electron chi connectivity index (χ4n) is 0.830. The molecule has 0 saturated carbocycles. The molecule has 0 amide bonds. The maximum atomic E-state index is 10.9. The Morgan fingerprint density at radius 1 is 1.64 bits per heavy atom. The summed E-state index contributed by atoms with van der Waals surface area (Å²) in [6.45, 7) is 2.16. The maximum absolute atomic E-state index is 10.9. The first kappa shape index (κ1) is 11.2. The molecular formula is C10H10INO2. The molecule has 0 N–H and O–H groups in total. The van der Waals surface area contributed by atoms with Crippen LogP contribution in [0.3, 0.4) is 0 Å². The standard InChI is InChI=1S/C10H10INO2/c1-2-14-10(13)6-5-9-4-3-8(11)7-12-9/h3-7H,2H2,1H3/b6-5+. The largest absolute Gasteiger partial charge is 0.463 e. The molecule has 0 spiro atoms. The summed E-state index contributed by atoms with van der Waals surface area (Å²) in [4.78, 5) is 15.1. The van der Waals surface area contributed by atoms with E-state index in [-0.39, 0.29) is 5.97 Å². The number of aromatic nitrogens is 1. The Hall–Kier alpha value is -0.910. The minimum atomic E-state index is -0.340. The number of carbonyl (C=O) groups excluding carboxylic acids is 1. The van der Waals surface area contributed by atoms with Crippen LogP contribution in [0.1, 0.15) is 12.6 Å². The molecule has 1 aromatic heterocycles. The zero-order valence-electron chi connectivity index (χ0n) is 7.74. The van der Waals surface area contributed by atoms with Crippen molar-refractivity contribution in [2.75, 3.05) is 6.61 Å². The Balaban J connectivity index is 2.60. The summed E-state index contributed by atoms with van der Waals surface area (Å²) in [5.74, 6) is -0.340. The van der Waals surface area contributed by atoms with E-state index >= 15 is 0 Å². The van der Waals surface area contributed by atoms with Crippen molar-refractivity contribution in [3.05, 3.63) is 33.7 Å². The molecule has 0 radical (unpaired) electrons. The van der Waals surface area contributed by atoms with Crippen LogP contribution in [0.15, 0.2) is 24.4 Å². The van der Waals surface area contributed by atoms with Crippen molar-refractivity contribution in [3.63, 3.8) is 0 Å². The summed E-state index contributed by atoms with van der Waals surface area (Å²) < 4.78 is 5.80. The van der Waals surface area contributed by atoms with Gasteiger partial charge in [-0.25, -0.2) is 4.79 Å². The van der Waals surface area contributed by atoms with Gasteiger partial charge >= 0.3 is 5.97 Å². The Bertz CT molecular complexity index is 332. The number of hydrogen-bond acceptors (Lipinski definition) is 3. The highest BCUT2D eigenvalue weighted by atomic mass is 127. The number of rotatable bonds is 3. The highest BCUT2D eigenvalue weighted by Crippen LogP contribution is 2.04.